The van der Waals surface area contributed by atoms with Gasteiger partial charge in [-0.1, -0.05) is 58.9 Å². The fraction of sp³-hybridized carbons (Fsp3) is 0.471. The second kappa shape index (κ2) is 15.6. The zero-order valence-corrected chi connectivity index (χ0v) is 27.3. The molecule has 0 fully saturated rings. The molecule has 228 valence electrons. The van der Waals surface area contributed by atoms with Crippen LogP contribution >= 0.6 is 11.3 Å². The predicted molar refractivity (Wildman–Crippen MR) is 173 cm³/mol. The lowest BCUT2D eigenvalue weighted by atomic mass is 9.93. The number of nitrogens with one attached hydrogen (secondary N) is 1. The van der Waals surface area contributed by atoms with Crippen LogP contribution in [-0.4, -0.2) is 55.6 Å². The van der Waals surface area contributed by atoms with E-state index >= 15 is 0 Å². The van der Waals surface area contributed by atoms with E-state index in [4.69, 9.17) is 9.47 Å². The summed E-state index contributed by atoms with van der Waals surface area (Å²) in [7, 11) is 3.23. The normalized spacial score (nSPS) is 11.1. The van der Waals surface area contributed by atoms with Gasteiger partial charge in [0.25, 0.3) is 0 Å². The number of thiophene rings is 1. The smallest absolute Gasteiger partial charge is 0.322 e. The number of benzene rings is 2. The topological polar surface area (TPSA) is 71.1 Å². The second-order valence-corrected chi connectivity index (χ2v) is 12.6. The van der Waals surface area contributed by atoms with Gasteiger partial charge in [-0.2, -0.15) is 0 Å². The third kappa shape index (κ3) is 8.74. The number of hydrogen-bond acceptors (Lipinski definition) is 5. The molecule has 2 aromatic carbocycles. The van der Waals surface area contributed by atoms with Gasteiger partial charge in [0, 0.05) is 28.5 Å². The Balaban J connectivity index is 1.82. The maximum Gasteiger partial charge on any atom is 0.322 e. The van der Waals surface area contributed by atoms with E-state index < -0.39 is 0 Å². The first kappa shape index (κ1) is 33.0. The molecule has 0 saturated carbocycles. The number of nitrogens with zero attached hydrogens (tertiary/aromatic N) is 2. The van der Waals surface area contributed by atoms with Crippen LogP contribution in [0.15, 0.2) is 48.5 Å². The van der Waals surface area contributed by atoms with Crippen LogP contribution in [0.4, 0.5) is 10.5 Å². The van der Waals surface area contributed by atoms with Crippen LogP contribution in [0.3, 0.4) is 0 Å². The van der Waals surface area contributed by atoms with Gasteiger partial charge in [0.05, 0.1) is 20.8 Å². The Morgan fingerprint density at radius 1 is 0.881 bits per heavy atom. The minimum Gasteiger partial charge on any atom is -0.493 e. The van der Waals surface area contributed by atoms with Gasteiger partial charge in [0.15, 0.2) is 11.5 Å². The summed E-state index contributed by atoms with van der Waals surface area (Å²) in [4.78, 5) is 33.4. The van der Waals surface area contributed by atoms with Crippen molar-refractivity contribution in [2.45, 2.75) is 72.8 Å². The maximum absolute atomic E-state index is 13.9. The van der Waals surface area contributed by atoms with Crippen LogP contribution in [-0.2, 0) is 17.8 Å². The monoisotopic (exact) mass is 593 g/mol. The number of aryl methyl sites for hydroxylation is 1. The van der Waals surface area contributed by atoms with Crippen molar-refractivity contribution in [3.05, 3.63) is 75.0 Å². The molecule has 0 spiro atoms. The van der Waals surface area contributed by atoms with E-state index in [0.717, 1.165) is 33.7 Å². The van der Waals surface area contributed by atoms with Crippen molar-refractivity contribution in [2.75, 3.05) is 39.2 Å². The van der Waals surface area contributed by atoms with E-state index in [-0.39, 0.29) is 30.3 Å². The fourth-order valence-corrected chi connectivity index (χ4v) is 5.92. The van der Waals surface area contributed by atoms with Gasteiger partial charge in [0.2, 0.25) is 5.91 Å². The molecule has 1 N–H and O–H groups in total. The number of methoxy groups -OCH3 is 2. The zero-order chi connectivity index (χ0) is 30.8. The number of carbonyl (C=O) groups excluding carboxylic acids is 2. The molecule has 3 aromatic rings. The van der Waals surface area contributed by atoms with Gasteiger partial charge in [-0.3, -0.25) is 4.79 Å². The van der Waals surface area contributed by atoms with E-state index in [0.29, 0.717) is 37.6 Å². The van der Waals surface area contributed by atoms with Crippen molar-refractivity contribution in [3.63, 3.8) is 0 Å². The Bertz CT molecular complexity index is 1310. The number of anilines is 1. The largest absolute Gasteiger partial charge is 0.493 e. The number of hydrogen-bond donors (Lipinski definition) is 1. The lowest BCUT2D eigenvalue weighted by Gasteiger charge is -2.29. The number of ether oxygens (including phenoxy) is 2. The first-order chi connectivity index (χ1) is 20.1. The molecule has 0 aliphatic carbocycles. The highest BCUT2D eigenvalue weighted by atomic mass is 32.1. The van der Waals surface area contributed by atoms with Gasteiger partial charge in [-0.05, 0) is 72.6 Å². The molecule has 8 heteroatoms. The highest BCUT2D eigenvalue weighted by molar-refractivity contribution is 7.11. The molecule has 0 aliphatic rings. The Kier molecular flexibility index (Phi) is 12.3. The van der Waals surface area contributed by atoms with E-state index in [1.165, 1.54) is 4.88 Å². The highest BCUT2D eigenvalue weighted by Gasteiger charge is 2.24. The van der Waals surface area contributed by atoms with Crippen LogP contribution in [0.25, 0.3) is 0 Å². The average molecular weight is 594 g/mol. The van der Waals surface area contributed by atoms with Crippen molar-refractivity contribution >= 4 is 29.0 Å². The van der Waals surface area contributed by atoms with Crippen molar-refractivity contribution in [3.8, 4) is 11.5 Å². The zero-order valence-electron chi connectivity index (χ0n) is 26.5. The Morgan fingerprint density at radius 2 is 1.55 bits per heavy atom. The minimum absolute atomic E-state index is 0.0107. The van der Waals surface area contributed by atoms with Gasteiger partial charge in [-0.25, -0.2) is 4.79 Å². The Labute approximate surface area is 255 Å². The first-order valence-electron chi connectivity index (χ1n) is 14.8. The number of rotatable bonds is 14. The molecule has 7 nitrogen and oxygen atoms in total. The Hall–Kier alpha value is -3.52. The summed E-state index contributed by atoms with van der Waals surface area (Å²) in [6.45, 7) is 14.1. The first-order valence-corrected chi connectivity index (χ1v) is 15.6. The Morgan fingerprint density at radius 3 is 2.10 bits per heavy atom. The molecule has 1 heterocycles. The molecule has 0 saturated heterocycles. The average Bonchev–Trinajstić information content (AvgIpc) is 3.38. The third-order valence-electron chi connectivity index (χ3n) is 7.33. The molecular formula is C34H47N3O4S. The SMILES string of the molecule is CCCN(CC(=O)N(CCc1ccc(OC)c(OC)c1)Cc1ccc(C)s1)C(=O)Nc1c(C(C)C)cccc1C(C)C. The molecule has 1 aromatic heterocycles. The standard InChI is InChI=1S/C34H47N3O4S/c1-9-18-37(34(39)35-33-28(23(2)3)11-10-12-29(33)24(4)5)22-32(38)36(21-27-15-13-25(6)42-27)19-17-26-14-16-30(40-7)31(20-26)41-8/h10-16,20,23-24H,9,17-19,21-22H2,1-8H3,(H,35,39). The fourth-order valence-electron chi connectivity index (χ4n) is 5.02. The molecular weight excluding hydrogens is 546 g/mol. The van der Waals surface area contributed by atoms with Crippen molar-refractivity contribution in [1.29, 1.82) is 0 Å². The summed E-state index contributed by atoms with van der Waals surface area (Å²) in [5.74, 6) is 1.76. The summed E-state index contributed by atoms with van der Waals surface area (Å²) in [6, 6.07) is 15.9. The van der Waals surface area contributed by atoms with E-state index in [2.05, 4.69) is 70.3 Å². The van der Waals surface area contributed by atoms with Gasteiger partial charge >= 0.3 is 6.03 Å². The number of urea groups is 1. The molecule has 0 aliphatic heterocycles. The quantitative estimate of drug-likeness (QED) is 0.207. The summed E-state index contributed by atoms with van der Waals surface area (Å²) in [5.41, 5.74) is 4.10. The molecule has 0 radical (unpaired) electrons. The molecule has 0 unspecified atom stereocenters. The van der Waals surface area contributed by atoms with Crippen LogP contribution in [0, 0.1) is 6.92 Å². The molecule has 3 rings (SSSR count). The van der Waals surface area contributed by atoms with Crippen molar-refractivity contribution in [1.82, 2.24) is 9.80 Å². The van der Waals surface area contributed by atoms with Crippen LogP contribution in [0.1, 0.15) is 79.3 Å². The minimum atomic E-state index is -0.244. The van der Waals surface area contributed by atoms with Gasteiger partial charge in [0.1, 0.15) is 6.54 Å². The maximum atomic E-state index is 13.9. The van der Waals surface area contributed by atoms with Crippen molar-refractivity contribution < 1.29 is 19.1 Å². The van der Waals surface area contributed by atoms with E-state index in [1.807, 2.05) is 30.0 Å². The predicted octanol–water partition coefficient (Wildman–Crippen LogP) is 7.84. The second-order valence-electron chi connectivity index (χ2n) is 11.2. The summed E-state index contributed by atoms with van der Waals surface area (Å²) in [5, 5.41) is 3.20. The lowest BCUT2D eigenvalue weighted by molar-refractivity contribution is -0.132. The molecule has 0 bridgehead atoms. The summed E-state index contributed by atoms with van der Waals surface area (Å²) in [6.07, 6.45) is 1.40. The van der Waals surface area contributed by atoms with Crippen LogP contribution in [0.2, 0.25) is 0 Å². The van der Waals surface area contributed by atoms with Gasteiger partial charge < -0.3 is 24.6 Å². The van der Waals surface area contributed by atoms with Gasteiger partial charge in [-0.15, -0.1) is 11.3 Å². The highest BCUT2D eigenvalue weighted by Crippen LogP contribution is 2.33. The van der Waals surface area contributed by atoms with Crippen LogP contribution in [0.5, 0.6) is 11.5 Å². The van der Waals surface area contributed by atoms with Crippen LogP contribution < -0.4 is 14.8 Å². The lowest BCUT2D eigenvalue weighted by Crippen LogP contribution is -2.45. The molecule has 0 atom stereocenters. The summed E-state index contributed by atoms with van der Waals surface area (Å²) >= 11 is 1.69. The summed E-state index contributed by atoms with van der Waals surface area (Å²) < 4.78 is 10.9. The van der Waals surface area contributed by atoms with E-state index in [1.54, 1.807) is 30.5 Å². The number of para-hydroxylation sites is 1. The number of carbonyl (C=O) groups is 2. The number of amides is 3. The van der Waals surface area contributed by atoms with Crippen molar-refractivity contribution in [2.24, 2.45) is 0 Å². The molecule has 42 heavy (non-hydrogen) atoms. The third-order valence-corrected chi connectivity index (χ3v) is 8.31. The van der Waals surface area contributed by atoms with E-state index in [9.17, 15) is 9.59 Å². The molecule has 3 amide bonds.